The van der Waals surface area contributed by atoms with Crippen LogP contribution in [0.2, 0.25) is 0 Å². The molecule has 27 heavy (non-hydrogen) atoms. The van der Waals surface area contributed by atoms with Crippen molar-refractivity contribution in [3.8, 4) is 0 Å². The molecule has 0 aromatic carbocycles. The van der Waals surface area contributed by atoms with Gasteiger partial charge in [0, 0.05) is 10.8 Å². The van der Waals surface area contributed by atoms with Gasteiger partial charge in [-0.1, -0.05) is 96.3 Å². The van der Waals surface area contributed by atoms with Gasteiger partial charge in [-0.2, -0.15) is 0 Å². The Morgan fingerprint density at radius 1 is 0.333 bits per heavy atom. The molecule has 1 rings (SSSR count). The van der Waals surface area contributed by atoms with E-state index in [0.717, 1.165) is 25.7 Å². The monoisotopic (exact) mass is 386 g/mol. The lowest BCUT2D eigenvalue weighted by molar-refractivity contribution is -0.124. The van der Waals surface area contributed by atoms with E-state index in [9.17, 15) is 20.4 Å². The van der Waals surface area contributed by atoms with Crippen LogP contribution in [0.3, 0.4) is 0 Å². The van der Waals surface area contributed by atoms with Crippen LogP contribution in [0.4, 0.5) is 0 Å². The summed E-state index contributed by atoms with van der Waals surface area (Å²) in [6.45, 7) is -0.704. The van der Waals surface area contributed by atoms with E-state index in [-0.39, 0.29) is 26.4 Å². The maximum Gasteiger partial charge on any atom is 0.0516 e. The molecule has 0 aromatic heterocycles. The van der Waals surface area contributed by atoms with Crippen LogP contribution in [0.25, 0.3) is 0 Å². The Morgan fingerprint density at radius 3 is 0.704 bits per heavy atom. The van der Waals surface area contributed by atoms with Crippen molar-refractivity contribution in [2.75, 3.05) is 26.4 Å². The Balaban J connectivity index is 2.72. The lowest BCUT2D eigenvalue weighted by Crippen LogP contribution is -2.52. The topological polar surface area (TPSA) is 80.9 Å². The summed E-state index contributed by atoms with van der Waals surface area (Å²) in [7, 11) is 0. The third-order valence-electron chi connectivity index (χ3n) is 7.15. The van der Waals surface area contributed by atoms with Gasteiger partial charge in [-0.3, -0.25) is 0 Å². The first-order valence-corrected chi connectivity index (χ1v) is 11.6. The van der Waals surface area contributed by atoms with Gasteiger partial charge in [-0.25, -0.2) is 0 Å². The van der Waals surface area contributed by atoms with Gasteiger partial charge in [-0.05, 0) is 12.8 Å². The van der Waals surface area contributed by atoms with Crippen molar-refractivity contribution >= 4 is 0 Å². The molecule has 1 fully saturated rings. The Labute approximate surface area is 167 Å². The Kier molecular flexibility index (Phi) is 13.6. The second kappa shape index (κ2) is 14.8. The molecular formula is C23H46O4. The Morgan fingerprint density at radius 2 is 0.519 bits per heavy atom. The van der Waals surface area contributed by atoms with Crippen molar-refractivity contribution in [1.29, 1.82) is 0 Å². The lowest BCUT2D eigenvalue weighted by Gasteiger charge is -2.47. The summed E-state index contributed by atoms with van der Waals surface area (Å²) in [5, 5.41) is 40.6. The summed E-state index contributed by atoms with van der Waals surface area (Å²) in [5.74, 6) is 0. The number of rotatable bonds is 4. The molecule has 1 saturated carbocycles. The van der Waals surface area contributed by atoms with Crippen molar-refractivity contribution in [3.63, 3.8) is 0 Å². The maximum absolute atomic E-state index is 10.1. The van der Waals surface area contributed by atoms with E-state index in [1.54, 1.807) is 0 Å². The predicted molar refractivity (Wildman–Crippen MR) is 112 cm³/mol. The summed E-state index contributed by atoms with van der Waals surface area (Å²) in [5.41, 5.74) is -1.58. The molecule has 1 aliphatic rings. The molecule has 0 saturated heterocycles. The first kappa shape index (κ1) is 24.9. The fraction of sp³-hybridized carbons (Fsp3) is 1.00. The standard InChI is InChI=1S/C23H46O4/c24-18-22(19-25)16-14-12-10-8-6-4-2-1-3-5-7-9-11-13-15-17-23(22,20-26)21-27/h24-27H,1-21H2. The van der Waals surface area contributed by atoms with Gasteiger partial charge in [0.15, 0.2) is 0 Å². The van der Waals surface area contributed by atoms with Crippen LogP contribution >= 0.6 is 0 Å². The quantitative estimate of drug-likeness (QED) is 0.570. The molecule has 0 bridgehead atoms. The molecule has 162 valence electrons. The molecule has 0 amide bonds. The molecule has 1 aliphatic carbocycles. The molecule has 4 nitrogen and oxygen atoms in total. The Hall–Kier alpha value is -0.160. The summed E-state index contributed by atoms with van der Waals surface area (Å²) < 4.78 is 0. The van der Waals surface area contributed by atoms with E-state index < -0.39 is 10.8 Å². The smallest absolute Gasteiger partial charge is 0.0516 e. The molecule has 0 heterocycles. The van der Waals surface area contributed by atoms with E-state index in [1.165, 1.54) is 70.6 Å². The minimum Gasteiger partial charge on any atom is -0.396 e. The third kappa shape index (κ3) is 8.00. The second-order valence-electron chi connectivity index (χ2n) is 9.00. The van der Waals surface area contributed by atoms with Crippen LogP contribution < -0.4 is 0 Å². The Bertz CT molecular complexity index is 305. The summed E-state index contributed by atoms with van der Waals surface area (Å²) in [6, 6.07) is 0. The molecular weight excluding hydrogens is 340 g/mol. The van der Waals surface area contributed by atoms with Crippen molar-refractivity contribution in [2.45, 2.75) is 109 Å². The summed E-state index contributed by atoms with van der Waals surface area (Å²) >= 11 is 0. The molecule has 0 spiro atoms. The van der Waals surface area contributed by atoms with E-state index in [0.29, 0.717) is 12.8 Å². The number of hydrogen-bond donors (Lipinski definition) is 4. The van der Waals surface area contributed by atoms with Gasteiger partial charge in [0.2, 0.25) is 0 Å². The summed E-state index contributed by atoms with van der Waals surface area (Å²) in [4.78, 5) is 0. The van der Waals surface area contributed by atoms with Gasteiger partial charge in [0.1, 0.15) is 0 Å². The highest BCUT2D eigenvalue weighted by Gasteiger charge is 2.49. The SMILES string of the molecule is OCC1(CO)CCCCCCCCCCCCCCCCCC1(CO)CO. The van der Waals surface area contributed by atoms with E-state index in [4.69, 9.17) is 0 Å². The second-order valence-corrected chi connectivity index (χ2v) is 9.00. The fourth-order valence-electron chi connectivity index (χ4n) is 4.84. The van der Waals surface area contributed by atoms with Crippen LogP contribution in [0.1, 0.15) is 109 Å². The highest BCUT2D eigenvalue weighted by atomic mass is 16.3. The van der Waals surface area contributed by atoms with Gasteiger partial charge in [0.25, 0.3) is 0 Å². The number of aliphatic hydroxyl groups excluding tert-OH is 4. The highest BCUT2D eigenvalue weighted by molar-refractivity contribution is 4.97. The average molecular weight is 387 g/mol. The molecule has 4 N–H and O–H groups in total. The summed E-state index contributed by atoms with van der Waals surface area (Å²) in [6.07, 6.45) is 19.7. The molecule has 4 heteroatoms. The fourth-order valence-corrected chi connectivity index (χ4v) is 4.84. The van der Waals surface area contributed by atoms with Crippen molar-refractivity contribution < 1.29 is 20.4 Å². The van der Waals surface area contributed by atoms with Crippen molar-refractivity contribution in [3.05, 3.63) is 0 Å². The van der Waals surface area contributed by atoms with Gasteiger partial charge in [0.05, 0.1) is 26.4 Å². The lowest BCUT2D eigenvalue weighted by atomic mass is 9.60. The van der Waals surface area contributed by atoms with E-state index >= 15 is 0 Å². The number of aliphatic hydroxyl groups is 4. The number of hydrogen-bond acceptors (Lipinski definition) is 4. The largest absolute Gasteiger partial charge is 0.396 e. The molecule has 0 aromatic rings. The van der Waals surface area contributed by atoms with Crippen LogP contribution in [0.5, 0.6) is 0 Å². The van der Waals surface area contributed by atoms with Gasteiger partial charge >= 0.3 is 0 Å². The first-order valence-electron chi connectivity index (χ1n) is 11.6. The highest BCUT2D eigenvalue weighted by Crippen LogP contribution is 2.46. The third-order valence-corrected chi connectivity index (χ3v) is 7.15. The zero-order valence-corrected chi connectivity index (χ0v) is 17.6. The van der Waals surface area contributed by atoms with Gasteiger partial charge in [-0.15, -0.1) is 0 Å². The minimum atomic E-state index is -0.792. The predicted octanol–water partition coefficient (Wildman–Crippen LogP) is 4.57. The van der Waals surface area contributed by atoms with Gasteiger partial charge < -0.3 is 20.4 Å². The molecule has 0 unspecified atom stereocenters. The van der Waals surface area contributed by atoms with E-state index in [2.05, 4.69) is 0 Å². The van der Waals surface area contributed by atoms with E-state index in [1.807, 2.05) is 0 Å². The first-order chi connectivity index (χ1) is 13.2. The zero-order valence-electron chi connectivity index (χ0n) is 17.6. The average Bonchev–Trinajstić information content (AvgIpc) is 2.70. The zero-order chi connectivity index (χ0) is 19.8. The van der Waals surface area contributed by atoms with Crippen LogP contribution in [0, 0.1) is 10.8 Å². The molecule has 0 aliphatic heterocycles. The molecule has 0 atom stereocenters. The van der Waals surface area contributed by atoms with Crippen molar-refractivity contribution in [1.82, 2.24) is 0 Å². The van der Waals surface area contributed by atoms with Crippen LogP contribution in [-0.2, 0) is 0 Å². The van der Waals surface area contributed by atoms with Crippen molar-refractivity contribution in [2.24, 2.45) is 10.8 Å². The minimum absolute atomic E-state index is 0.176. The van der Waals surface area contributed by atoms with Crippen LogP contribution in [0.15, 0.2) is 0 Å². The van der Waals surface area contributed by atoms with Crippen LogP contribution in [-0.4, -0.2) is 46.9 Å². The molecule has 0 radical (unpaired) electrons. The normalized spacial score (nSPS) is 24.4. The maximum atomic E-state index is 10.1.